The Morgan fingerprint density at radius 1 is 1.32 bits per heavy atom. The molecule has 1 unspecified atom stereocenters. The van der Waals surface area contributed by atoms with Crippen LogP contribution in [0.2, 0.25) is 0 Å². The monoisotopic (exact) mass is 259 g/mol. The van der Waals surface area contributed by atoms with Crippen molar-refractivity contribution in [1.29, 1.82) is 0 Å². The average molecular weight is 259 g/mol. The SMILES string of the molecule is Cc1ccc(OCc2cc(C)nn2C)c(C(C)N)c1. The standard InChI is InChI=1S/C15H21N3O/c1-10-5-6-15(14(7-10)12(3)16)19-9-13-8-11(2)17-18(13)4/h5-8,12H,9,16H2,1-4H3. The zero-order valence-electron chi connectivity index (χ0n) is 12.0. The third kappa shape index (κ3) is 3.15. The first-order valence-corrected chi connectivity index (χ1v) is 6.46. The van der Waals surface area contributed by atoms with Crippen molar-refractivity contribution in [3.8, 4) is 5.75 Å². The molecular formula is C15H21N3O. The van der Waals surface area contributed by atoms with Crippen LogP contribution >= 0.6 is 0 Å². The van der Waals surface area contributed by atoms with Gasteiger partial charge < -0.3 is 10.5 Å². The lowest BCUT2D eigenvalue weighted by molar-refractivity contribution is 0.290. The van der Waals surface area contributed by atoms with E-state index in [1.165, 1.54) is 5.56 Å². The molecule has 2 rings (SSSR count). The Morgan fingerprint density at radius 2 is 2.05 bits per heavy atom. The molecule has 4 heteroatoms. The van der Waals surface area contributed by atoms with Crippen LogP contribution in [0.15, 0.2) is 24.3 Å². The maximum absolute atomic E-state index is 5.99. The van der Waals surface area contributed by atoms with Crippen molar-refractivity contribution in [2.45, 2.75) is 33.4 Å². The Balaban J connectivity index is 2.17. The van der Waals surface area contributed by atoms with Gasteiger partial charge in [-0.1, -0.05) is 17.7 Å². The summed E-state index contributed by atoms with van der Waals surface area (Å²) in [4.78, 5) is 0. The fourth-order valence-electron chi connectivity index (χ4n) is 2.11. The van der Waals surface area contributed by atoms with Crippen LogP contribution in [0.5, 0.6) is 5.75 Å². The van der Waals surface area contributed by atoms with Crippen LogP contribution in [0.3, 0.4) is 0 Å². The number of nitrogens with zero attached hydrogens (tertiary/aromatic N) is 2. The molecule has 0 radical (unpaired) electrons. The zero-order valence-corrected chi connectivity index (χ0v) is 12.0. The van der Waals surface area contributed by atoms with Crippen molar-refractivity contribution in [2.75, 3.05) is 0 Å². The highest BCUT2D eigenvalue weighted by atomic mass is 16.5. The summed E-state index contributed by atoms with van der Waals surface area (Å²) in [5.41, 5.74) is 10.3. The number of rotatable bonds is 4. The highest BCUT2D eigenvalue weighted by Gasteiger charge is 2.10. The molecule has 2 N–H and O–H groups in total. The van der Waals surface area contributed by atoms with Crippen LogP contribution in [0, 0.1) is 13.8 Å². The first-order chi connectivity index (χ1) is 8.97. The molecule has 4 nitrogen and oxygen atoms in total. The van der Waals surface area contributed by atoms with E-state index < -0.39 is 0 Å². The van der Waals surface area contributed by atoms with Crippen LogP contribution < -0.4 is 10.5 Å². The van der Waals surface area contributed by atoms with Crippen LogP contribution in [0.4, 0.5) is 0 Å². The van der Waals surface area contributed by atoms with E-state index in [2.05, 4.69) is 18.1 Å². The Labute approximate surface area is 114 Å². The van der Waals surface area contributed by atoms with Gasteiger partial charge in [0.25, 0.3) is 0 Å². The third-order valence-electron chi connectivity index (χ3n) is 3.13. The summed E-state index contributed by atoms with van der Waals surface area (Å²) >= 11 is 0. The lowest BCUT2D eigenvalue weighted by atomic mass is 10.1. The topological polar surface area (TPSA) is 53.1 Å². The summed E-state index contributed by atoms with van der Waals surface area (Å²) in [6, 6.07) is 8.09. The van der Waals surface area contributed by atoms with Crippen LogP contribution in [0.25, 0.3) is 0 Å². The number of ether oxygens (including phenoxy) is 1. The summed E-state index contributed by atoms with van der Waals surface area (Å²) in [5, 5.41) is 4.31. The second-order valence-electron chi connectivity index (χ2n) is 5.02. The van der Waals surface area contributed by atoms with E-state index in [9.17, 15) is 0 Å². The minimum absolute atomic E-state index is 0.0387. The van der Waals surface area contributed by atoms with Gasteiger partial charge >= 0.3 is 0 Å². The van der Waals surface area contributed by atoms with Crippen molar-refractivity contribution >= 4 is 0 Å². The fraction of sp³-hybridized carbons (Fsp3) is 0.400. The smallest absolute Gasteiger partial charge is 0.130 e. The maximum Gasteiger partial charge on any atom is 0.130 e. The summed E-state index contributed by atoms with van der Waals surface area (Å²) in [6.07, 6.45) is 0. The Kier molecular flexibility index (Phi) is 3.90. The Bertz CT molecular complexity index is 573. The molecule has 0 aliphatic heterocycles. The van der Waals surface area contributed by atoms with Gasteiger partial charge in [0.1, 0.15) is 12.4 Å². The predicted molar refractivity (Wildman–Crippen MR) is 76.1 cm³/mol. The van der Waals surface area contributed by atoms with Gasteiger partial charge in [0, 0.05) is 18.7 Å². The maximum atomic E-state index is 5.99. The van der Waals surface area contributed by atoms with Gasteiger partial charge in [0.05, 0.1) is 11.4 Å². The first kappa shape index (κ1) is 13.6. The van der Waals surface area contributed by atoms with E-state index in [-0.39, 0.29) is 6.04 Å². The molecule has 0 spiro atoms. The molecule has 0 fully saturated rings. The van der Waals surface area contributed by atoms with Gasteiger partial charge in [0.2, 0.25) is 0 Å². The minimum Gasteiger partial charge on any atom is -0.487 e. The number of aryl methyl sites for hydroxylation is 3. The molecule has 0 saturated carbocycles. The number of nitrogens with two attached hydrogens (primary N) is 1. The average Bonchev–Trinajstić information content (AvgIpc) is 2.66. The van der Waals surface area contributed by atoms with Crippen molar-refractivity contribution in [3.63, 3.8) is 0 Å². The van der Waals surface area contributed by atoms with Crippen LogP contribution in [0.1, 0.15) is 35.5 Å². The Morgan fingerprint density at radius 3 is 2.63 bits per heavy atom. The lowest BCUT2D eigenvalue weighted by Crippen LogP contribution is -2.09. The molecule has 1 heterocycles. The number of aromatic nitrogens is 2. The third-order valence-corrected chi connectivity index (χ3v) is 3.13. The molecule has 0 aliphatic carbocycles. The van der Waals surface area contributed by atoms with Gasteiger partial charge in [-0.2, -0.15) is 5.10 Å². The summed E-state index contributed by atoms with van der Waals surface area (Å²) in [6.45, 7) is 6.50. The van der Waals surface area contributed by atoms with Crippen molar-refractivity contribution in [2.24, 2.45) is 12.8 Å². The lowest BCUT2D eigenvalue weighted by Gasteiger charge is -2.14. The van der Waals surface area contributed by atoms with Gasteiger partial charge in [0.15, 0.2) is 0 Å². The largest absolute Gasteiger partial charge is 0.487 e. The molecule has 1 atom stereocenters. The number of hydrogen-bond donors (Lipinski definition) is 1. The molecule has 0 bridgehead atoms. The van der Waals surface area contributed by atoms with Gasteiger partial charge in [-0.3, -0.25) is 4.68 Å². The molecule has 19 heavy (non-hydrogen) atoms. The van der Waals surface area contributed by atoms with Crippen LogP contribution in [-0.2, 0) is 13.7 Å². The van der Waals surface area contributed by atoms with Crippen molar-refractivity contribution in [3.05, 3.63) is 46.8 Å². The zero-order chi connectivity index (χ0) is 14.0. The highest BCUT2D eigenvalue weighted by Crippen LogP contribution is 2.25. The van der Waals surface area contributed by atoms with E-state index >= 15 is 0 Å². The van der Waals surface area contributed by atoms with E-state index in [4.69, 9.17) is 10.5 Å². The fourth-order valence-corrected chi connectivity index (χ4v) is 2.11. The molecule has 2 aromatic rings. The molecule has 102 valence electrons. The van der Waals surface area contributed by atoms with Crippen molar-refractivity contribution < 1.29 is 4.74 Å². The summed E-state index contributed by atoms with van der Waals surface area (Å²) < 4.78 is 7.74. The predicted octanol–water partition coefficient (Wildman–Crippen LogP) is 2.64. The molecule has 0 saturated heterocycles. The molecular weight excluding hydrogens is 238 g/mol. The quantitative estimate of drug-likeness (QED) is 0.918. The van der Waals surface area contributed by atoms with Gasteiger partial charge in [-0.25, -0.2) is 0 Å². The van der Waals surface area contributed by atoms with E-state index in [1.807, 2.05) is 43.8 Å². The number of hydrogen-bond acceptors (Lipinski definition) is 3. The van der Waals surface area contributed by atoms with Crippen molar-refractivity contribution in [1.82, 2.24) is 9.78 Å². The summed E-state index contributed by atoms with van der Waals surface area (Å²) in [7, 11) is 1.92. The van der Waals surface area contributed by atoms with Gasteiger partial charge in [-0.05, 0) is 32.9 Å². The molecule has 1 aromatic carbocycles. The molecule has 0 amide bonds. The van der Waals surface area contributed by atoms with Gasteiger partial charge in [-0.15, -0.1) is 0 Å². The molecule has 1 aromatic heterocycles. The number of benzene rings is 1. The second-order valence-corrected chi connectivity index (χ2v) is 5.02. The van der Waals surface area contributed by atoms with E-state index in [1.54, 1.807) is 0 Å². The van der Waals surface area contributed by atoms with Crippen LogP contribution in [-0.4, -0.2) is 9.78 Å². The van der Waals surface area contributed by atoms with E-state index in [0.29, 0.717) is 6.61 Å². The summed E-state index contributed by atoms with van der Waals surface area (Å²) in [5.74, 6) is 0.847. The molecule has 0 aliphatic rings. The Hall–Kier alpha value is -1.81. The van der Waals surface area contributed by atoms with E-state index in [0.717, 1.165) is 22.7 Å². The second kappa shape index (κ2) is 5.45. The normalized spacial score (nSPS) is 12.5. The highest BCUT2D eigenvalue weighted by molar-refractivity contribution is 5.38. The first-order valence-electron chi connectivity index (χ1n) is 6.46. The minimum atomic E-state index is -0.0387.